The van der Waals surface area contributed by atoms with Crippen molar-refractivity contribution < 1.29 is 28.6 Å². The van der Waals surface area contributed by atoms with Gasteiger partial charge in [0.05, 0.1) is 6.54 Å². The summed E-state index contributed by atoms with van der Waals surface area (Å²) in [6, 6.07) is 9.17. The molecule has 0 saturated carbocycles. The number of amides is 1. The minimum absolute atomic E-state index is 0.0685. The van der Waals surface area contributed by atoms with Crippen molar-refractivity contribution in [1.82, 2.24) is 5.32 Å². The van der Waals surface area contributed by atoms with Crippen LogP contribution in [0.1, 0.15) is 5.56 Å². The number of ether oxygens (including phenoxy) is 3. The topological polar surface area (TPSA) is 90.9 Å². The fourth-order valence-electron chi connectivity index (χ4n) is 1.66. The molecule has 7 nitrogen and oxygen atoms in total. The molecule has 2 rings (SSSR count). The zero-order valence-electron chi connectivity index (χ0n) is 11.7. The molecule has 1 aliphatic rings. The van der Waals surface area contributed by atoms with Crippen LogP contribution in [-0.2, 0) is 30.4 Å². The van der Waals surface area contributed by atoms with E-state index in [9.17, 15) is 14.4 Å². The molecular formula is C15H15NO6. The number of benzene rings is 1. The number of carbonyl (C=O) groups is 3. The third-order valence-electron chi connectivity index (χ3n) is 2.74. The third-order valence-corrected chi connectivity index (χ3v) is 2.74. The van der Waals surface area contributed by atoms with Crippen LogP contribution < -0.4 is 5.32 Å². The van der Waals surface area contributed by atoms with E-state index in [1.54, 1.807) is 0 Å². The average Bonchev–Trinajstić information content (AvgIpc) is 2.95. The molecule has 1 heterocycles. The van der Waals surface area contributed by atoms with Gasteiger partial charge in [-0.1, -0.05) is 30.3 Å². The van der Waals surface area contributed by atoms with E-state index in [-0.39, 0.29) is 19.8 Å². The highest BCUT2D eigenvalue weighted by atomic mass is 16.6. The largest absolute Gasteiger partial charge is 0.459 e. The first-order chi connectivity index (χ1) is 10.6. The maximum Gasteiger partial charge on any atom is 0.407 e. The van der Waals surface area contributed by atoms with Gasteiger partial charge in [-0.15, -0.1) is 0 Å². The van der Waals surface area contributed by atoms with Crippen molar-refractivity contribution in [2.75, 3.05) is 13.2 Å². The molecule has 1 atom stereocenters. The van der Waals surface area contributed by atoms with Crippen molar-refractivity contribution >= 4 is 18.0 Å². The van der Waals surface area contributed by atoms with E-state index in [1.165, 1.54) is 0 Å². The molecule has 1 fully saturated rings. The number of rotatable bonds is 6. The van der Waals surface area contributed by atoms with Gasteiger partial charge in [-0.2, -0.15) is 0 Å². The van der Waals surface area contributed by atoms with E-state index in [4.69, 9.17) is 14.2 Å². The Balaban J connectivity index is 1.66. The second-order valence-electron chi connectivity index (χ2n) is 4.46. The first-order valence-corrected chi connectivity index (χ1v) is 6.63. The standard InChI is InChI=1S/C15H15NO6/c17-13(20-9-11-4-2-1-3-5-11)6-7-14(18)21-10-12-8-16-15(19)22-12/h1-7,12H,8-10H2,(H,16,19)/b7-6+. The van der Waals surface area contributed by atoms with Gasteiger partial charge in [-0.05, 0) is 5.56 Å². The van der Waals surface area contributed by atoms with Crippen molar-refractivity contribution in [3.8, 4) is 0 Å². The Kier molecular flexibility index (Phi) is 5.53. The summed E-state index contributed by atoms with van der Waals surface area (Å²) < 4.78 is 14.6. The molecule has 0 aliphatic carbocycles. The summed E-state index contributed by atoms with van der Waals surface area (Å²) in [4.78, 5) is 33.6. The lowest BCUT2D eigenvalue weighted by atomic mass is 10.2. The van der Waals surface area contributed by atoms with Gasteiger partial charge in [0.1, 0.15) is 13.2 Å². The number of nitrogens with one attached hydrogen (secondary N) is 1. The summed E-state index contributed by atoms with van der Waals surface area (Å²) in [5.41, 5.74) is 0.849. The van der Waals surface area contributed by atoms with Gasteiger partial charge in [0, 0.05) is 12.2 Å². The molecule has 0 spiro atoms. The summed E-state index contributed by atoms with van der Waals surface area (Å²) in [5.74, 6) is -1.35. The van der Waals surface area contributed by atoms with E-state index in [0.29, 0.717) is 0 Å². The molecule has 0 aromatic heterocycles. The summed E-state index contributed by atoms with van der Waals surface area (Å²) in [6.45, 7) is 0.346. The van der Waals surface area contributed by atoms with Crippen LogP contribution in [0, 0.1) is 0 Å². The Labute approximate surface area is 126 Å². The van der Waals surface area contributed by atoms with E-state index < -0.39 is 24.1 Å². The molecule has 0 bridgehead atoms. The summed E-state index contributed by atoms with van der Waals surface area (Å²) in [6.07, 6.45) is 0.915. The van der Waals surface area contributed by atoms with Gasteiger partial charge in [-0.3, -0.25) is 0 Å². The fourth-order valence-corrected chi connectivity index (χ4v) is 1.66. The average molecular weight is 305 g/mol. The monoisotopic (exact) mass is 305 g/mol. The van der Waals surface area contributed by atoms with E-state index in [0.717, 1.165) is 17.7 Å². The second kappa shape index (κ2) is 7.82. The van der Waals surface area contributed by atoms with Crippen LogP contribution in [-0.4, -0.2) is 37.3 Å². The SMILES string of the molecule is O=C(/C=C/C(=O)OCC1CNC(=O)O1)OCc1ccccc1. The van der Waals surface area contributed by atoms with Crippen LogP contribution in [0.2, 0.25) is 0 Å². The van der Waals surface area contributed by atoms with Gasteiger partial charge in [0.25, 0.3) is 0 Å². The zero-order chi connectivity index (χ0) is 15.8. The Morgan fingerprint density at radius 2 is 1.86 bits per heavy atom. The quantitative estimate of drug-likeness (QED) is 0.478. The van der Waals surface area contributed by atoms with Gasteiger partial charge < -0.3 is 19.5 Å². The van der Waals surface area contributed by atoms with Crippen LogP contribution in [0.25, 0.3) is 0 Å². The zero-order valence-corrected chi connectivity index (χ0v) is 11.7. The smallest absolute Gasteiger partial charge is 0.407 e. The maximum absolute atomic E-state index is 11.4. The Bertz CT molecular complexity index is 569. The van der Waals surface area contributed by atoms with Gasteiger partial charge in [0.15, 0.2) is 6.10 Å². The Hall–Kier alpha value is -2.83. The summed E-state index contributed by atoms with van der Waals surface area (Å²) in [7, 11) is 0. The third kappa shape index (κ3) is 5.28. The van der Waals surface area contributed by atoms with Gasteiger partial charge >= 0.3 is 18.0 Å². The molecule has 1 saturated heterocycles. The molecule has 1 unspecified atom stereocenters. The van der Waals surface area contributed by atoms with E-state index >= 15 is 0 Å². The van der Waals surface area contributed by atoms with Crippen LogP contribution in [0.3, 0.4) is 0 Å². The van der Waals surface area contributed by atoms with Crippen LogP contribution in [0.5, 0.6) is 0 Å². The highest BCUT2D eigenvalue weighted by molar-refractivity contribution is 5.91. The van der Waals surface area contributed by atoms with Gasteiger partial charge in [-0.25, -0.2) is 14.4 Å². The molecule has 1 aromatic carbocycles. The molecule has 7 heteroatoms. The van der Waals surface area contributed by atoms with Crippen molar-refractivity contribution in [1.29, 1.82) is 0 Å². The number of hydrogen-bond acceptors (Lipinski definition) is 6. The molecule has 1 aliphatic heterocycles. The van der Waals surface area contributed by atoms with Crippen LogP contribution in [0.15, 0.2) is 42.5 Å². The highest BCUT2D eigenvalue weighted by Crippen LogP contribution is 2.02. The Morgan fingerprint density at radius 1 is 1.18 bits per heavy atom. The molecule has 1 N–H and O–H groups in total. The molecular weight excluding hydrogens is 290 g/mol. The predicted octanol–water partition coefficient (Wildman–Crippen LogP) is 0.938. The van der Waals surface area contributed by atoms with Crippen LogP contribution >= 0.6 is 0 Å². The lowest BCUT2D eigenvalue weighted by molar-refractivity contribution is -0.142. The molecule has 22 heavy (non-hydrogen) atoms. The minimum atomic E-state index is -0.709. The van der Waals surface area contributed by atoms with Crippen molar-refractivity contribution in [3.63, 3.8) is 0 Å². The number of esters is 2. The minimum Gasteiger partial charge on any atom is -0.459 e. The van der Waals surface area contributed by atoms with E-state index in [1.807, 2.05) is 30.3 Å². The maximum atomic E-state index is 11.4. The molecule has 0 radical (unpaired) electrons. The highest BCUT2D eigenvalue weighted by Gasteiger charge is 2.23. The lowest BCUT2D eigenvalue weighted by Gasteiger charge is -2.06. The normalized spacial score (nSPS) is 16.9. The fraction of sp³-hybridized carbons (Fsp3) is 0.267. The lowest BCUT2D eigenvalue weighted by Crippen LogP contribution is -2.21. The first-order valence-electron chi connectivity index (χ1n) is 6.63. The number of hydrogen-bond donors (Lipinski definition) is 1. The van der Waals surface area contributed by atoms with Crippen LogP contribution in [0.4, 0.5) is 4.79 Å². The number of alkyl carbamates (subject to hydrolysis) is 1. The van der Waals surface area contributed by atoms with Crippen molar-refractivity contribution in [2.45, 2.75) is 12.7 Å². The summed E-state index contributed by atoms with van der Waals surface area (Å²) in [5, 5.41) is 2.43. The molecule has 1 aromatic rings. The first kappa shape index (κ1) is 15.6. The summed E-state index contributed by atoms with van der Waals surface area (Å²) >= 11 is 0. The van der Waals surface area contributed by atoms with Crippen molar-refractivity contribution in [2.24, 2.45) is 0 Å². The molecule has 116 valence electrons. The van der Waals surface area contributed by atoms with E-state index in [2.05, 4.69) is 5.32 Å². The van der Waals surface area contributed by atoms with Crippen molar-refractivity contribution in [3.05, 3.63) is 48.0 Å². The molecule has 1 amide bonds. The number of cyclic esters (lactones) is 1. The second-order valence-corrected chi connectivity index (χ2v) is 4.46. The van der Waals surface area contributed by atoms with Gasteiger partial charge in [0.2, 0.25) is 0 Å². The Morgan fingerprint density at radius 3 is 2.50 bits per heavy atom. The number of carbonyl (C=O) groups excluding carboxylic acids is 3. The predicted molar refractivity (Wildman–Crippen MR) is 74.6 cm³/mol.